The highest BCUT2D eigenvalue weighted by atomic mass is 79.9. The van der Waals surface area contributed by atoms with Crippen LogP contribution in [0.5, 0.6) is 0 Å². The molecule has 0 saturated heterocycles. The molecule has 0 N–H and O–H groups in total. The molecule has 0 atom stereocenters. The first-order valence-corrected chi connectivity index (χ1v) is 7.64. The van der Waals surface area contributed by atoms with Gasteiger partial charge >= 0.3 is 0 Å². The molecule has 0 amide bonds. The molecule has 0 aliphatic rings. The van der Waals surface area contributed by atoms with Gasteiger partial charge in [0.25, 0.3) is 0 Å². The number of hydrogen-bond donors (Lipinski definition) is 0. The maximum absolute atomic E-state index is 3.50. The minimum atomic E-state index is 0.912. The summed E-state index contributed by atoms with van der Waals surface area (Å²) in [5.74, 6) is 0. The van der Waals surface area contributed by atoms with Gasteiger partial charge in [-0.1, -0.05) is 57.9 Å². The van der Waals surface area contributed by atoms with Gasteiger partial charge in [-0.3, -0.25) is 0 Å². The summed E-state index contributed by atoms with van der Waals surface area (Å²) in [6, 6.07) is 15.3. The van der Waals surface area contributed by atoms with E-state index in [1.54, 1.807) is 0 Å². The molecule has 100 valence electrons. The normalized spacial score (nSPS) is 10.5. The summed E-state index contributed by atoms with van der Waals surface area (Å²) in [7, 11) is 2.15. The van der Waals surface area contributed by atoms with E-state index in [-0.39, 0.29) is 0 Å². The van der Waals surface area contributed by atoms with Crippen molar-refractivity contribution in [2.75, 3.05) is 11.9 Å². The molecule has 1 nitrogen and oxygen atoms in total. The van der Waals surface area contributed by atoms with Gasteiger partial charge in [0.2, 0.25) is 0 Å². The van der Waals surface area contributed by atoms with Gasteiger partial charge in [0.1, 0.15) is 0 Å². The van der Waals surface area contributed by atoms with E-state index in [0.717, 1.165) is 11.9 Å². The van der Waals surface area contributed by atoms with Crippen molar-refractivity contribution in [2.45, 2.75) is 25.7 Å². The Bertz CT molecular complexity index is 563. The molecule has 0 unspecified atom stereocenters. The van der Waals surface area contributed by atoms with Crippen LogP contribution in [0.4, 0.5) is 5.69 Å². The Kier molecular flexibility index (Phi) is 4.65. The predicted molar refractivity (Wildman–Crippen MR) is 87.1 cm³/mol. The second-order valence-corrected chi connectivity index (χ2v) is 5.66. The van der Waals surface area contributed by atoms with E-state index in [2.05, 4.69) is 84.2 Å². The summed E-state index contributed by atoms with van der Waals surface area (Å²) in [4.78, 5) is 2.31. The van der Waals surface area contributed by atoms with E-state index in [9.17, 15) is 0 Å². The first kappa shape index (κ1) is 14.1. The number of anilines is 1. The summed E-state index contributed by atoms with van der Waals surface area (Å²) >= 11 is 3.50. The maximum atomic E-state index is 3.50. The van der Waals surface area contributed by atoms with Gasteiger partial charge in [-0.2, -0.15) is 0 Å². The van der Waals surface area contributed by atoms with E-state index in [0.29, 0.717) is 0 Å². The predicted octanol–water partition coefficient (Wildman–Crippen LogP) is 4.83. The zero-order valence-corrected chi connectivity index (χ0v) is 13.4. The van der Waals surface area contributed by atoms with E-state index in [4.69, 9.17) is 0 Å². The van der Waals surface area contributed by atoms with Gasteiger partial charge in [-0.15, -0.1) is 0 Å². The maximum Gasteiger partial charge on any atom is 0.0426 e. The molecule has 0 saturated carbocycles. The van der Waals surface area contributed by atoms with Crippen molar-refractivity contribution in [3.63, 3.8) is 0 Å². The van der Waals surface area contributed by atoms with Crippen LogP contribution in [-0.2, 0) is 11.9 Å². The lowest BCUT2D eigenvalue weighted by molar-refractivity contribution is 0.915. The summed E-state index contributed by atoms with van der Waals surface area (Å²) in [6.45, 7) is 5.25. The number of rotatable bonds is 4. The SMILES string of the molecule is Cc1cccc(CN(C)c2ccc(CBr)cc2C)c1. The molecule has 0 fully saturated rings. The summed E-state index contributed by atoms with van der Waals surface area (Å²) in [5.41, 5.74) is 6.62. The molecule has 2 heteroatoms. The Morgan fingerprint density at radius 3 is 2.42 bits per heavy atom. The number of hydrogen-bond acceptors (Lipinski definition) is 1. The fourth-order valence-electron chi connectivity index (χ4n) is 2.40. The van der Waals surface area contributed by atoms with Gasteiger partial charge in [0.05, 0.1) is 0 Å². The topological polar surface area (TPSA) is 3.24 Å². The first-order valence-electron chi connectivity index (χ1n) is 6.52. The standard InChI is InChI=1S/C17H20BrN/c1-13-5-4-6-16(9-13)12-19(3)17-8-7-15(11-18)10-14(17)2/h4-10H,11-12H2,1-3H3. The van der Waals surface area contributed by atoms with Gasteiger partial charge < -0.3 is 4.90 Å². The number of aryl methyl sites for hydroxylation is 2. The van der Waals surface area contributed by atoms with Gasteiger partial charge in [-0.25, -0.2) is 0 Å². The molecular formula is C17H20BrN. The van der Waals surface area contributed by atoms with Crippen LogP contribution in [0.2, 0.25) is 0 Å². The Labute approximate surface area is 124 Å². The van der Waals surface area contributed by atoms with Crippen LogP contribution >= 0.6 is 15.9 Å². The number of halogens is 1. The van der Waals surface area contributed by atoms with E-state index in [1.165, 1.54) is 27.9 Å². The highest BCUT2D eigenvalue weighted by Crippen LogP contribution is 2.23. The fourth-order valence-corrected chi connectivity index (χ4v) is 2.75. The zero-order valence-electron chi connectivity index (χ0n) is 11.8. The minimum Gasteiger partial charge on any atom is -0.370 e. The molecule has 0 aromatic heterocycles. The average molecular weight is 318 g/mol. The zero-order chi connectivity index (χ0) is 13.8. The van der Waals surface area contributed by atoms with Crippen molar-refractivity contribution < 1.29 is 0 Å². The number of alkyl halides is 1. The lowest BCUT2D eigenvalue weighted by Gasteiger charge is -2.22. The first-order chi connectivity index (χ1) is 9.10. The van der Waals surface area contributed by atoms with Crippen molar-refractivity contribution in [1.29, 1.82) is 0 Å². The van der Waals surface area contributed by atoms with E-state index in [1.807, 2.05) is 0 Å². The smallest absolute Gasteiger partial charge is 0.0426 e. The molecule has 0 radical (unpaired) electrons. The van der Waals surface area contributed by atoms with E-state index >= 15 is 0 Å². The van der Waals surface area contributed by atoms with Gasteiger partial charge in [0, 0.05) is 24.6 Å². The van der Waals surface area contributed by atoms with Crippen molar-refractivity contribution in [2.24, 2.45) is 0 Å². The largest absolute Gasteiger partial charge is 0.370 e. The van der Waals surface area contributed by atoms with Crippen molar-refractivity contribution in [3.05, 3.63) is 64.7 Å². The highest BCUT2D eigenvalue weighted by Gasteiger charge is 2.06. The third kappa shape index (κ3) is 3.60. The monoisotopic (exact) mass is 317 g/mol. The van der Waals surface area contributed by atoms with Crippen LogP contribution in [0.1, 0.15) is 22.3 Å². The lowest BCUT2D eigenvalue weighted by atomic mass is 10.1. The molecule has 0 aliphatic heterocycles. The van der Waals surface area contributed by atoms with Crippen LogP contribution < -0.4 is 4.90 Å². The minimum absolute atomic E-state index is 0.912. The van der Waals surface area contributed by atoms with Crippen LogP contribution in [0.25, 0.3) is 0 Å². The van der Waals surface area contributed by atoms with Crippen LogP contribution in [-0.4, -0.2) is 7.05 Å². The number of benzene rings is 2. The van der Waals surface area contributed by atoms with Crippen molar-refractivity contribution in [1.82, 2.24) is 0 Å². The molecule has 0 aliphatic carbocycles. The molecule has 2 rings (SSSR count). The Morgan fingerprint density at radius 2 is 1.79 bits per heavy atom. The lowest BCUT2D eigenvalue weighted by Crippen LogP contribution is -2.17. The molecule has 19 heavy (non-hydrogen) atoms. The summed E-state index contributed by atoms with van der Waals surface area (Å²) < 4.78 is 0. The fraction of sp³-hybridized carbons (Fsp3) is 0.294. The van der Waals surface area contributed by atoms with Crippen molar-refractivity contribution >= 4 is 21.6 Å². The van der Waals surface area contributed by atoms with Crippen LogP contribution in [0, 0.1) is 13.8 Å². The molecule has 2 aromatic rings. The average Bonchev–Trinajstić information content (AvgIpc) is 2.38. The molecular weight excluding hydrogens is 298 g/mol. The van der Waals surface area contributed by atoms with Crippen LogP contribution in [0.3, 0.4) is 0 Å². The second kappa shape index (κ2) is 6.25. The Morgan fingerprint density at radius 1 is 1.00 bits per heavy atom. The van der Waals surface area contributed by atoms with Gasteiger partial charge in [0.15, 0.2) is 0 Å². The highest BCUT2D eigenvalue weighted by molar-refractivity contribution is 9.08. The number of nitrogens with zero attached hydrogens (tertiary/aromatic N) is 1. The molecule has 0 heterocycles. The van der Waals surface area contributed by atoms with Crippen LogP contribution in [0.15, 0.2) is 42.5 Å². The summed E-state index contributed by atoms with van der Waals surface area (Å²) in [5, 5.41) is 0.912. The molecule has 0 bridgehead atoms. The van der Waals surface area contributed by atoms with E-state index < -0.39 is 0 Å². The Balaban J connectivity index is 2.18. The molecule has 2 aromatic carbocycles. The molecule has 0 spiro atoms. The second-order valence-electron chi connectivity index (χ2n) is 5.10. The third-order valence-electron chi connectivity index (χ3n) is 3.33. The van der Waals surface area contributed by atoms with Crippen molar-refractivity contribution in [3.8, 4) is 0 Å². The quantitative estimate of drug-likeness (QED) is 0.730. The van der Waals surface area contributed by atoms with Gasteiger partial charge in [-0.05, 0) is 36.6 Å². The summed E-state index contributed by atoms with van der Waals surface area (Å²) in [6.07, 6.45) is 0. The Hall–Kier alpha value is -1.28. The third-order valence-corrected chi connectivity index (χ3v) is 3.98.